The van der Waals surface area contributed by atoms with Crippen molar-refractivity contribution in [3.63, 3.8) is 0 Å². The summed E-state index contributed by atoms with van der Waals surface area (Å²) in [6, 6.07) is 7.50. The van der Waals surface area contributed by atoms with Crippen LogP contribution in [-0.4, -0.2) is 12.4 Å². The summed E-state index contributed by atoms with van der Waals surface area (Å²) in [7, 11) is 0. The van der Waals surface area contributed by atoms with Gasteiger partial charge < -0.3 is 4.74 Å². The van der Waals surface area contributed by atoms with E-state index in [1.165, 1.54) is 11.3 Å². The van der Waals surface area contributed by atoms with Gasteiger partial charge in [-0.3, -0.25) is 4.79 Å². The van der Waals surface area contributed by atoms with Gasteiger partial charge in [0.05, 0.1) is 16.5 Å². The van der Waals surface area contributed by atoms with Crippen LogP contribution in [0.15, 0.2) is 34.1 Å². The van der Waals surface area contributed by atoms with E-state index in [4.69, 9.17) is 16.3 Å². The van der Waals surface area contributed by atoms with E-state index in [-0.39, 0.29) is 5.78 Å². The van der Waals surface area contributed by atoms with Gasteiger partial charge in [0.15, 0.2) is 5.78 Å². The predicted octanol–water partition coefficient (Wildman–Crippen LogP) is 5.51. The molecular weight excluding hydrogens is 360 g/mol. The zero-order chi connectivity index (χ0) is 14.5. The molecule has 2 aromatic rings. The van der Waals surface area contributed by atoms with E-state index < -0.39 is 0 Å². The van der Waals surface area contributed by atoms with E-state index in [2.05, 4.69) is 15.9 Å². The van der Waals surface area contributed by atoms with E-state index in [0.717, 1.165) is 14.9 Å². The Morgan fingerprint density at radius 3 is 2.90 bits per heavy atom. The lowest BCUT2D eigenvalue weighted by Crippen LogP contribution is -2.03. The Labute approximate surface area is 135 Å². The standard InChI is InChI=1S/C15H14BrClO2S/c1-10-8-11(16)9-12(17)15(10)19-6-2-4-13(18)14-5-3-7-20-14/h3,5,7-9H,2,4,6H2,1H3. The molecule has 2 nitrogen and oxygen atoms in total. The number of Topliss-reactive ketones (excluding diaryl/α,β-unsaturated/α-hetero) is 1. The fourth-order valence-corrected chi connectivity index (χ4v) is 3.56. The van der Waals surface area contributed by atoms with Crippen LogP contribution in [0.25, 0.3) is 0 Å². The Kier molecular flexibility index (Phi) is 5.64. The third-order valence-corrected chi connectivity index (χ3v) is 4.43. The van der Waals surface area contributed by atoms with Crippen molar-refractivity contribution in [1.29, 1.82) is 0 Å². The summed E-state index contributed by atoms with van der Waals surface area (Å²) < 4.78 is 6.62. The van der Waals surface area contributed by atoms with Crippen molar-refractivity contribution in [3.8, 4) is 5.75 Å². The van der Waals surface area contributed by atoms with E-state index in [9.17, 15) is 4.79 Å². The molecule has 0 saturated carbocycles. The Bertz CT molecular complexity index is 573. The Hall–Kier alpha value is -0.840. The van der Waals surface area contributed by atoms with Crippen LogP contribution in [0.3, 0.4) is 0 Å². The maximum atomic E-state index is 11.8. The third-order valence-electron chi connectivity index (χ3n) is 2.78. The molecule has 0 unspecified atom stereocenters. The first kappa shape index (κ1) is 15.5. The van der Waals surface area contributed by atoms with Crippen LogP contribution in [0.5, 0.6) is 5.75 Å². The first-order valence-electron chi connectivity index (χ1n) is 6.23. The number of rotatable bonds is 6. The number of ether oxygens (including phenoxy) is 1. The Balaban J connectivity index is 1.83. The smallest absolute Gasteiger partial charge is 0.172 e. The molecule has 0 fully saturated rings. The third kappa shape index (κ3) is 4.08. The van der Waals surface area contributed by atoms with E-state index in [0.29, 0.717) is 30.2 Å². The molecule has 0 amide bonds. The summed E-state index contributed by atoms with van der Waals surface area (Å²) in [6.45, 7) is 2.43. The molecule has 106 valence electrons. The molecule has 2 rings (SSSR count). The fourth-order valence-electron chi connectivity index (χ4n) is 1.84. The van der Waals surface area contributed by atoms with Gasteiger partial charge in [0.2, 0.25) is 0 Å². The molecule has 0 saturated heterocycles. The number of thiophene rings is 1. The lowest BCUT2D eigenvalue weighted by Gasteiger charge is -2.11. The number of hydrogen-bond donors (Lipinski definition) is 0. The fraction of sp³-hybridized carbons (Fsp3) is 0.267. The second kappa shape index (κ2) is 7.25. The molecule has 5 heteroatoms. The average Bonchev–Trinajstić information content (AvgIpc) is 2.90. The maximum absolute atomic E-state index is 11.8. The van der Waals surface area contributed by atoms with Crippen molar-refractivity contribution in [2.75, 3.05) is 6.61 Å². The van der Waals surface area contributed by atoms with Crippen molar-refractivity contribution in [1.82, 2.24) is 0 Å². The number of halogens is 2. The van der Waals surface area contributed by atoms with Crippen LogP contribution in [0, 0.1) is 6.92 Å². The maximum Gasteiger partial charge on any atom is 0.172 e. The normalized spacial score (nSPS) is 10.6. The number of benzene rings is 1. The summed E-state index contributed by atoms with van der Waals surface area (Å²) in [4.78, 5) is 12.6. The molecule has 0 bridgehead atoms. The molecule has 1 aromatic carbocycles. The van der Waals surface area contributed by atoms with Gasteiger partial charge in [0, 0.05) is 10.9 Å². The van der Waals surface area contributed by atoms with Crippen LogP contribution in [0.1, 0.15) is 28.1 Å². The van der Waals surface area contributed by atoms with Crippen molar-refractivity contribution < 1.29 is 9.53 Å². The molecule has 0 aliphatic carbocycles. The second-order valence-corrected chi connectivity index (χ2v) is 6.66. The zero-order valence-electron chi connectivity index (χ0n) is 11.0. The van der Waals surface area contributed by atoms with Gasteiger partial charge in [-0.05, 0) is 42.5 Å². The van der Waals surface area contributed by atoms with Gasteiger partial charge >= 0.3 is 0 Å². The van der Waals surface area contributed by atoms with Crippen LogP contribution in [0.2, 0.25) is 5.02 Å². The molecule has 0 spiro atoms. The van der Waals surface area contributed by atoms with E-state index in [1.807, 2.05) is 30.5 Å². The minimum atomic E-state index is 0.169. The average molecular weight is 374 g/mol. The highest BCUT2D eigenvalue weighted by Crippen LogP contribution is 2.32. The van der Waals surface area contributed by atoms with E-state index in [1.54, 1.807) is 6.07 Å². The molecule has 0 radical (unpaired) electrons. The first-order valence-corrected chi connectivity index (χ1v) is 8.28. The van der Waals surface area contributed by atoms with E-state index >= 15 is 0 Å². The van der Waals surface area contributed by atoms with Gasteiger partial charge in [-0.15, -0.1) is 11.3 Å². The first-order chi connectivity index (χ1) is 9.58. The zero-order valence-corrected chi connectivity index (χ0v) is 14.1. The number of carbonyl (C=O) groups is 1. The predicted molar refractivity (Wildman–Crippen MR) is 87.3 cm³/mol. The van der Waals surface area contributed by atoms with Crippen LogP contribution >= 0.6 is 38.9 Å². The molecule has 0 N–H and O–H groups in total. The molecule has 1 aromatic heterocycles. The number of ketones is 1. The molecule has 1 heterocycles. The van der Waals surface area contributed by atoms with Gasteiger partial charge in [-0.2, -0.15) is 0 Å². The summed E-state index contributed by atoms with van der Waals surface area (Å²) in [5, 5.41) is 2.50. The van der Waals surface area contributed by atoms with Crippen LogP contribution in [0.4, 0.5) is 0 Å². The van der Waals surface area contributed by atoms with Crippen molar-refractivity contribution in [2.45, 2.75) is 19.8 Å². The highest BCUT2D eigenvalue weighted by molar-refractivity contribution is 9.10. The minimum Gasteiger partial charge on any atom is -0.492 e. The SMILES string of the molecule is Cc1cc(Br)cc(Cl)c1OCCCC(=O)c1cccs1. The molecule has 0 aliphatic rings. The summed E-state index contributed by atoms with van der Waals surface area (Å²) in [6.07, 6.45) is 1.18. The molecule has 0 atom stereocenters. The number of aryl methyl sites for hydroxylation is 1. The number of hydrogen-bond acceptors (Lipinski definition) is 3. The molecule has 0 aliphatic heterocycles. The highest BCUT2D eigenvalue weighted by atomic mass is 79.9. The van der Waals surface area contributed by atoms with Gasteiger partial charge in [-0.1, -0.05) is 33.6 Å². The summed E-state index contributed by atoms with van der Waals surface area (Å²) >= 11 is 11.0. The van der Waals surface area contributed by atoms with Crippen LogP contribution in [-0.2, 0) is 0 Å². The monoisotopic (exact) mass is 372 g/mol. The van der Waals surface area contributed by atoms with Gasteiger partial charge in [0.1, 0.15) is 5.75 Å². The lowest BCUT2D eigenvalue weighted by atomic mass is 10.2. The van der Waals surface area contributed by atoms with Gasteiger partial charge in [-0.25, -0.2) is 0 Å². The Morgan fingerprint density at radius 2 is 2.25 bits per heavy atom. The minimum absolute atomic E-state index is 0.169. The topological polar surface area (TPSA) is 26.3 Å². The molecule has 20 heavy (non-hydrogen) atoms. The Morgan fingerprint density at radius 1 is 1.45 bits per heavy atom. The molecular formula is C15H14BrClO2S. The quantitative estimate of drug-likeness (QED) is 0.492. The largest absolute Gasteiger partial charge is 0.492 e. The van der Waals surface area contributed by atoms with Crippen LogP contribution < -0.4 is 4.74 Å². The van der Waals surface area contributed by atoms with Crippen molar-refractivity contribution in [3.05, 3.63) is 49.6 Å². The highest BCUT2D eigenvalue weighted by Gasteiger charge is 2.09. The van der Waals surface area contributed by atoms with Gasteiger partial charge in [0.25, 0.3) is 0 Å². The lowest BCUT2D eigenvalue weighted by molar-refractivity contribution is 0.0977. The second-order valence-electron chi connectivity index (χ2n) is 4.39. The summed E-state index contributed by atoms with van der Waals surface area (Å²) in [5.74, 6) is 0.862. The number of carbonyl (C=O) groups excluding carboxylic acids is 1. The van der Waals surface area contributed by atoms with Crippen molar-refractivity contribution >= 4 is 44.7 Å². The van der Waals surface area contributed by atoms with Crippen molar-refractivity contribution in [2.24, 2.45) is 0 Å². The summed E-state index contributed by atoms with van der Waals surface area (Å²) in [5.41, 5.74) is 0.981.